The zero-order valence-electron chi connectivity index (χ0n) is 24.3. The van der Waals surface area contributed by atoms with E-state index in [2.05, 4.69) is 21.3 Å². The highest BCUT2D eigenvalue weighted by atomic mass is 16.2. The Morgan fingerprint density at radius 1 is 0.900 bits per heavy atom. The number of nitrogens with one attached hydrogen (secondary N) is 5. The van der Waals surface area contributed by atoms with E-state index in [4.69, 9.17) is 11.1 Å². The summed E-state index contributed by atoms with van der Waals surface area (Å²) in [6, 6.07) is 6.65. The van der Waals surface area contributed by atoms with Crippen LogP contribution < -0.4 is 27.0 Å². The molecule has 0 bridgehead atoms. The maximum Gasteiger partial charge on any atom is 0.254 e. The highest BCUT2D eigenvalue weighted by Crippen LogP contribution is 2.21. The van der Waals surface area contributed by atoms with Crippen LogP contribution >= 0.6 is 0 Å². The third kappa shape index (κ3) is 10.9. The summed E-state index contributed by atoms with van der Waals surface area (Å²) in [4.78, 5) is 54.4. The van der Waals surface area contributed by atoms with Crippen molar-refractivity contribution in [2.24, 2.45) is 17.6 Å². The van der Waals surface area contributed by atoms with E-state index < -0.39 is 24.0 Å². The van der Waals surface area contributed by atoms with Gasteiger partial charge in [-0.1, -0.05) is 45.9 Å². The summed E-state index contributed by atoms with van der Waals surface area (Å²) in [5.41, 5.74) is 5.79. The normalized spacial score (nSPS) is 16.4. The van der Waals surface area contributed by atoms with E-state index in [0.717, 1.165) is 6.42 Å². The average Bonchev–Trinajstić information content (AvgIpc) is 3.39. The number of amides is 4. The molecule has 1 heterocycles. The first kappa shape index (κ1) is 32.6. The standard InChI is InChI=1S/C29H47N7O4/c1-19(2)17-22(25(37)32-14-8-9-15-33-29(30)31)34-26(38)23(18-20(3)4)35-27(39)24-13-10-16-36(24)28(40)21-11-6-5-7-12-21/h5-7,11-12,19-20,22-24H,8-10,13-18H2,1-4H3,(H,32,37)(H,34,38)(H,35,39)(H4,30,31,33). The van der Waals surface area contributed by atoms with E-state index in [1.165, 1.54) is 0 Å². The van der Waals surface area contributed by atoms with E-state index in [0.29, 0.717) is 57.3 Å². The first-order valence-electron chi connectivity index (χ1n) is 14.3. The van der Waals surface area contributed by atoms with Gasteiger partial charge in [-0.2, -0.15) is 0 Å². The number of carbonyl (C=O) groups is 4. The van der Waals surface area contributed by atoms with Crippen molar-refractivity contribution in [1.29, 1.82) is 5.41 Å². The largest absolute Gasteiger partial charge is 0.370 e. The van der Waals surface area contributed by atoms with Crippen molar-refractivity contribution in [3.05, 3.63) is 35.9 Å². The molecule has 2 rings (SSSR count). The Morgan fingerprint density at radius 2 is 1.48 bits per heavy atom. The summed E-state index contributed by atoms with van der Waals surface area (Å²) in [6.45, 7) is 9.34. The molecule has 3 unspecified atom stereocenters. The van der Waals surface area contributed by atoms with Gasteiger partial charge in [-0.15, -0.1) is 0 Å². The van der Waals surface area contributed by atoms with E-state index in [1.807, 2.05) is 33.8 Å². The fourth-order valence-electron chi connectivity index (χ4n) is 4.78. The van der Waals surface area contributed by atoms with Crippen LogP contribution in [-0.4, -0.2) is 72.2 Å². The first-order valence-corrected chi connectivity index (χ1v) is 14.3. The zero-order valence-corrected chi connectivity index (χ0v) is 24.3. The molecular formula is C29H47N7O4. The van der Waals surface area contributed by atoms with Crippen LogP contribution in [0.5, 0.6) is 0 Å². The van der Waals surface area contributed by atoms with Crippen molar-refractivity contribution in [3.63, 3.8) is 0 Å². The summed E-state index contributed by atoms with van der Waals surface area (Å²) in [5.74, 6) is -1.05. The molecule has 1 fully saturated rings. The molecule has 7 N–H and O–H groups in total. The van der Waals surface area contributed by atoms with E-state index >= 15 is 0 Å². The highest BCUT2D eigenvalue weighted by molar-refractivity contribution is 5.99. The molecule has 40 heavy (non-hydrogen) atoms. The van der Waals surface area contributed by atoms with Crippen LogP contribution in [-0.2, 0) is 14.4 Å². The Morgan fingerprint density at radius 3 is 2.05 bits per heavy atom. The van der Waals surface area contributed by atoms with Crippen LogP contribution in [0.1, 0.15) is 76.6 Å². The number of guanidine groups is 1. The number of benzene rings is 1. The summed E-state index contributed by atoms with van der Waals surface area (Å²) in [5, 5.41) is 18.5. The van der Waals surface area contributed by atoms with Crippen LogP contribution in [0.2, 0.25) is 0 Å². The predicted molar refractivity (Wildman–Crippen MR) is 155 cm³/mol. The van der Waals surface area contributed by atoms with Gasteiger partial charge in [0.2, 0.25) is 17.7 Å². The minimum Gasteiger partial charge on any atom is -0.370 e. The van der Waals surface area contributed by atoms with Gasteiger partial charge in [0.25, 0.3) is 5.91 Å². The van der Waals surface area contributed by atoms with Gasteiger partial charge in [-0.3, -0.25) is 24.6 Å². The maximum atomic E-state index is 13.4. The molecule has 1 aromatic rings. The smallest absolute Gasteiger partial charge is 0.254 e. The fraction of sp³-hybridized carbons (Fsp3) is 0.621. The van der Waals surface area contributed by atoms with Gasteiger partial charge in [0.1, 0.15) is 18.1 Å². The Kier molecular flexibility index (Phi) is 13.4. The van der Waals surface area contributed by atoms with E-state index in [9.17, 15) is 19.2 Å². The Hall–Kier alpha value is -3.63. The summed E-state index contributed by atoms with van der Waals surface area (Å²) in [6.07, 6.45) is 3.51. The van der Waals surface area contributed by atoms with Crippen LogP contribution in [0.25, 0.3) is 0 Å². The molecule has 0 aromatic heterocycles. The highest BCUT2D eigenvalue weighted by Gasteiger charge is 2.37. The molecule has 1 saturated heterocycles. The molecule has 11 heteroatoms. The molecule has 0 radical (unpaired) electrons. The van der Waals surface area contributed by atoms with Gasteiger partial charge in [0, 0.05) is 25.2 Å². The lowest BCUT2D eigenvalue weighted by Crippen LogP contribution is -2.57. The van der Waals surface area contributed by atoms with Crippen molar-refractivity contribution < 1.29 is 19.2 Å². The topological polar surface area (TPSA) is 170 Å². The minimum atomic E-state index is -0.832. The number of hydrogen-bond donors (Lipinski definition) is 6. The molecule has 1 aromatic carbocycles. The SMILES string of the molecule is CC(C)CC(NC(=O)C(CC(C)C)NC(=O)C1CCCN1C(=O)c1ccccc1)C(=O)NCCCCNC(=N)N. The number of carbonyl (C=O) groups excluding carboxylic acids is 4. The molecule has 0 spiro atoms. The molecule has 3 atom stereocenters. The van der Waals surface area contributed by atoms with Gasteiger partial charge in [0.15, 0.2) is 5.96 Å². The number of rotatable bonds is 15. The van der Waals surface area contributed by atoms with Crippen molar-refractivity contribution in [3.8, 4) is 0 Å². The summed E-state index contributed by atoms with van der Waals surface area (Å²) in [7, 11) is 0. The minimum absolute atomic E-state index is 0.0878. The molecule has 1 aliphatic rings. The van der Waals surface area contributed by atoms with Crippen LogP contribution in [0.4, 0.5) is 0 Å². The molecule has 11 nitrogen and oxygen atoms in total. The predicted octanol–water partition coefficient (Wildman–Crippen LogP) is 1.73. The molecule has 222 valence electrons. The monoisotopic (exact) mass is 557 g/mol. The number of hydrogen-bond acceptors (Lipinski definition) is 5. The lowest BCUT2D eigenvalue weighted by molar-refractivity contribution is -0.133. The lowest BCUT2D eigenvalue weighted by atomic mass is 9.99. The van der Waals surface area contributed by atoms with Crippen molar-refractivity contribution in [2.75, 3.05) is 19.6 Å². The molecule has 4 amide bonds. The quantitative estimate of drug-likeness (QED) is 0.109. The Bertz CT molecular complexity index is 999. The number of nitrogens with zero attached hydrogens (tertiary/aromatic N) is 1. The van der Waals surface area contributed by atoms with E-state index in [-0.39, 0.29) is 35.5 Å². The molecular weight excluding hydrogens is 510 g/mol. The van der Waals surface area contributed by atoms with Crippen molar-refractivity contribution in [2.45, 2.75) is 84.3 Å². The Labute approximate surface area is 237 Å². The second-order valence-electron chi connectivity index (χ2n) is 11.2. The van der Waals surface area contributed by atoms with Crippen molar-refractivity contribution in [1.82, 2.24) is 26.2 Å². The first-order chi connectivity index (χ1) is 19.0. The Balaban J connectivity index is 2.03. The number of likely N-dealkylation sites (tertiary alicyclic amines) is 1. The van der Waals surface area contributed by atoms with Crippen molar-refractivity contribution >= 4 is 29.6 Å². The molecule has 0 aliphatic carbocycles. The van der Waals surface area contributed by atoms with Crippen LogP contribution in [0.3, 0.4) is 0 Å². The van der Waals surface area contributed by atoms with Crippen LogP contribution in [0, 0.1) is 17.2 Å². The summed E-state index contributed by atoms with van der Waals surface area (Å²) < 4.78 is 0. The van der Waals surface area contributed by atoms with Gasteiger partial charge < -0.3 is 31.9 Å². The third-order valence-corrected chi connectivity index (χ3v) is 6.74. The second-order valence-corrected chi connectivity index (χ2v) is 11.2. The summed E-state index contributed by atoms with van der Waals surface area (Å²) >= 11 is 0. The van der Waals surface area contributed by atoms with Crippen LogP contribution in [0.15, 0.2) is 30.3 Å². The van der Waals surface area contributed by atoms with Gasteiger partial charge in [0.05, 0.1) is 0 Å². The van der Waals surface area contributed by atoms with Gasteiger partial charge in [-0.05, 0) is 62.5 Å². The molecule has 1 aliphatic heterocycles. The van der Waals surface area contributed by atoms with E-state index in [1.54, 1.807) is 29.2 Å². The molecule has 0 saturated carbocycles. The van der Waals surface area contributed by atoms with Gasteiger partial charge in [-0.25, -0.2) is 0 Å². The van der Waals surface area contributed by atoms with Gasteiger partial charge >= 0.3 is 0 Å². The number of unbranched alkanes of at least 4 members (excludes halogenated alkanes) is 1. The zero-order chi connectivity index (χ0) is 29.7. The average molecular weight is 558 g/mol. The maximum absolute atomic E-state index is 13.4. The second kappa shape index (κ2) is 16.5. The fourth-order valence-corrected chi connectivity index (χ4v) is 4.78. The third-order valence-electron chi connectivity index (χ3n) is 6.74. The lowest BCUT2D eigenvalue weighted by Gasteiger charge is -2.28. The number of nitrogens with two attached hydrogens (primary N) is 1.